The van der Waals surface area contributed by atoms with Crippen molar-refractivity contribution in [2.24, 2.45) is 5.41 Å². The molecular formula is C16H26N4. The summed E-state index contributed by atoms with van der Waals surface area (Å²) in [6.45, 7) is 6.20. The van der Waals surface area contributed by atoms with Crippen molar-refractivity contribution < 1.29 is 0 Å². The van der Waals surface area contributed by atoms with Gasteiger partial charge in [-0.05, 0) is 37.6 Å². The van der Waals surface area contributed by atoms with Gasteiger partial charge in [-0.1, -0.05) is 19.8 Å². The Morgan fingerprint density at radius 1 is 1.10 bits per heavy atom. The van der Waals surface area contributed by atoms with Gasteiger partial charge >= 0.3 is 0 Å². The lowest BCUT2D eigenvalue weighted by Crippen LogP contribution is -2.39. The lowest BCUT2D eigenvalue weighted by Gasteiger charge is -2.39. The van der Waals surface area contributed by atoms with Gasteiger partial charge in [0.1, 0.15) is 5.82 Å². The zero-order valence-electron chi connectivity index (χ0n) is 12.6. The standard InChI is InChI=1S/C16H26N4/c1-2-17-11-14-12-19-15(13-18-14)20-9-7-16(8-10-20)5-3-4-6-16/h12-13,17H,2-11H2,1H3. The van der Waals surface area contributed by atoms with E-state index in [9.17, 15) is 0 Å². The van der Waals surface area contributed by atoms with Crippen LogP contribution in [0.25, 0.3) is 0 Å². The molecule has 1 N–H and O–H groups in total. The van der Waals surface area contributed by atoms with Crippen molar-refractivity contribution in [1.82, 2.24) is 15.3 Å². The quantitative estimate of drug-likeness (QED) is 0.916. The third-order valence-electron chi connectivity index (χ3n) is 5.06. The van der Waals surface area contributed by atoms with Crippen LogP contribution >= 0.6 is 0 Å². The smallest absolute Gasteiger partial charge is 0.147 e. The number of aromatic nitrogens is 2. The molecule has 4 nitrogen and oxygen atoms in total. The van der Waals surface area contributed by atoms with Gasteiger partial charge in [-0.15, -0.1) is 0 Å². The number of piperidine rings is 1. The second-order valence-electron chi connectivity index (χ2n) is 6.34. The molecule has 110 valence electrons. The van der Waals surface area contributed by atoms with Crippen LogP contribution in [0, 0.1) is 5.41 Å². The van der Waals surface area contributed by atoms with Crippen molar-refractivity contribution in [2.45, 2.75) is 52.0 Å². The highest BCUT2D eigenvalue weighted by molar-refractivity contribution is 5.36. The van der Waals surface area contributed by atoms with E-state index in [0.717, 1.165) is 37.7 Å². The molecule has 1 spiro atoms. The topological polar surface area (TPSA) is 41.1 Å². The Kier molecular flexibility index (Phi) is 4.20. The third-order valence-corrected chi connectivity index (χ3v) is 5.06. The molecule has 2 heterocycles. The van der Waals surface area contributed by atoms with Crippen molar-refractivity contribution in [1.29, 1.82) is 0 Å². The molecule has 0 unspecified atom stereocenters. The Morgan fingerprint density at radius 3 is 2.45 bits per heavy atom. The summed E-state index contributed by atoms with van der Waals surface area (Å²) in [6.07, 6.45) is 12.3. The molecule has 0 atom stereocenters. The molecule has 0 bridgehead atoms. The highest BCUT2D eigenvalue weighted by Crippen LogP contribution is 2.46. The molecule has 2 aliphatic rings. The molecule has 1 saturated heterocycles. The zero-order chi connectivity index (χ0) is 13.8. The maximum atomic E-state index is 4.59. The molecule has 1 aliphatic heterocycles. The molecule has 0 radical (unpaired) electrons. The fraction of sp³-hybridized carbons (Fsp3) is 0.750. The molecular weight excluding hydrogens is 248 g/mol. The normalized spacial score (nSPS) is 21.6. The number of nitrogens with one attached hydrogen (secondary N) is 1. The van der Waals surface area contributed by atoms with Gasteiger partial charge in [0, 0.05) is 19.6 Å². The molecule has 1 aromatic rings. The predicted octanol–water partition coefficient (Wildman–Crippen LogP) is 2.75. The molecule has 1 saturated carbocycles. The average molecular weight is 274 g/mol. The number of nitrogens with zero attached hydrogens (tertiary/aromatic N) is 3. The van der Waals surface area contributed by atoms with E-state index in [1.54, 1.807) is 0 Å². The first-order valence-electron chi connectivity index (χ1n) is 8.08. The van der Waals surface area contributed by atoms with Gasteiger partial charge in [-0.3, -0.25) is 4.98 Å². The summed E-state index contributed by atoms with van der Waals surface area (Å²) in [7, 11) is 0. The maximum absolute atomic E-state index is 4.59. The first-order valence-corrected chi connectivity index (χ1v) is 8.08. The van der Waals surface area contributed by atoms with Crippen LogP contribution in [0.5, 0.6) is 0 Å². The van der Waals surface area contributed by atoms with Crippen molar-refractivity contribution in [3.05, 3.63) is 18.1 Å². The zero-order valence-corrected chi connectivity index (χ0v) is 12.6. The van der Waals surface area contributed by atoms with Gasteiger partial charge in [0.25, 0.3) is 0 Å². The van der Waals surface area contributed by atoms with Gasteiger partial charge in [-0.25, -0.2) is 4.98 Å². The van der Waals surface area contributed by atoms with E-state index in [-0.39, 0.29) is 0 Å². The number of hydrogen-bond donors (Lipinski definition) is 1. The van der Waals surface area contributed by atoms with Crippen LogP contribution in [0.4, 0.5) is 5.82 Å². The summed E-state index contributed by atoms with van der Waals surface area (Å²) < 4.78 is 0. The SMILES string of the molecule is CCNCc1cnc(N2CCC3(CCCC3)CC2)cn1. The Hall–Kier alpha value is -1.16. The van der Waals surface area contributed by atoms with Crippen molar-refractivity contribution in [2.75, 3.05) is 24.5 Å². The van der Waals surface area contributed by atoms with Crippen molar-refractivity contribution in [3.63, 3.8) is 0 Å². The molecule has 4 heteroatoms. The minimum atomic E-state index is 0.676. The van der Waals surface area contributed by atoms with Gasteiger partial charge in [0.2, 0.25) is 0 Å². The number of rotatable bonds is 4. The van der Waals surface area contributed by atoms with Gasteiger partial charge < -0.3 is 10.2 Å². The first-order chi connectivity index (χ1) is 9.81. The second kappa shape index (κ2) is 6.08. The average Bonchev–Trinajstić information content (AvgIpc) is 2.95. The highest BCUT2D eigenvalue weighted by atomic mass is 15.2. The maximum Gasteiger partial charge on any atom is 0.147 e. The molecule has 0 amide bonds. The van der Waals surface area contributed by atoms with Crippen LogP contribution in [-0.4, -0.2) is 29.6 Å². The van der Waals surface area contributed by atoms with Crippen LogP contribution < -0.4 is 10.2 Å². The monoisotopic (exact) mass is 274 g/mol. The summed E-state index contributed by atoms with van der Waals surface area (Å²) >= 11 is 0. The van der Waals surface area contributed by atoms with E-state index in [2.05, 4.69) is 27.1 Å². The second-order valence-corrected chi connectivity index (χ2v) is 6.34. The molecule has 2 fully saturated rings. The fourth-order valence-electron chi connectivity index (χ4n) is 3.69. The fourth-order valence-corrected chi connectivity index (χ4v) is 3.69. The molecule has 0 aromatic carbocycles. The summed E-state index contributed by atoms with van der Waals surface area (Å²) in [6, 6.07) is 0. The molecule has 1 aliphatic carbocycles. The van der Waals surface area contributed by atoms with E-state index >= 15 is 0 Å². The lowest BCUT2D eigenvalue weighted by atomic mass is 9.77. The van der Waals surface area contributed by atoms with Crippen molar-refractivity contribution >= 4 is 5.82 Å². The first kappa shape index (κ1) is 13.8. The third kappa shape index (κ3) is 2.95. The minimum Gasteiger partial charge on any atom is -0.355 e. The Morgan fingerprint density at radius 2 is 1.85 bits per heavy atom. The van der Waals surface area contributed by atoms with Crippen LogP contribution in [0.2, 0.25) is 0 Å². The van der Waals surface area contributed by atoms with Crippen LogP contribution in [0.1, 0.15) is 51.1 Å². The predicted molar refractivity (Wildman–Crippen MR) is 81.8 cm³/mol. The largest absolute Gasteiger partial charge is 0.355 e. The van der Waals surface area contributed by atoms with Gasteiger partial charge in [-0.2, -0.15) is 0 Å². The van der Waals surface area contributed by atoms with Gasteiger partial charge in [0.15, 0.2) is 0 Å². The Balaban J connectivity index is 1.57. The van der Waals surface area contributed by atoms with Crippen molar-refractivity contribution in [3.8, 4) is 0 Å². The summed E-state index contributed by atoms with van der Waals surface area (Å²) in [4.78, 5) is 11.5. The van der Waals surface area contributed by atoms with E-state index in [1.807, 2.05) is 12.4 Å². The van der Waals surface area contributed by atoms with Crippen LogP contribution in [-0.2, 0) is 6.54 Å². The summed E-state index contributed by atoms with van der Waals surface area (Å²) in [5, 5.41) is 3.28. The highest BCUT2D eigenvalue weighted by Gasteiger charge is 2.37. The van der Waals surface area contributed by atoms with Crippen LogP contribution in [0.3, 0.4) is 0 Å². The van der Waals surface area contributed by atoms with E-state index in [4.69, 9.17) is 0 Å². The molecule has 20 heavy (non-hydrogen) atoms. The molecule has 1 aromatic heterocycles. The van der Waals surface area contributed by atoms with Crippen LogP contribution in [0.15, 0.2) is 12.4 Å². The van der Waals surface area contributed by atoms with E-state index in [1.165, 1.54) is 38.5 Å². The summed E-state index contributed by atoms with van der Waals surface area (Å²) in [5.74, 6) is 1.05. The lowest BCUT2D eigenvalue weighted by molar-refractivity contribution is 0.226. The Bertz CT molecular complexity index is 413. The Labute approximate surface area is 122 Å². The van der Waals surface area contributed by atoms with E-state index in [0.29, 0.717) is 5.41 Å². The van der Waals surface area contributed by atoms with Gasteiger partial charge in [0.05, 0.1) is 18.1 Å². The summed E-state index contributed by atoms with van der Waals surface area (Å²) in [5.41, 5.74) is 1.70. The number of hydrogen-bond acceptors (Lipinski definition) is 4. The number of anilines is 1. The minimum absolute atomic E-state index is 0.676. The van der Waals surface area contributed by atoms with E-state index < -0.39 is 0 Å². The molecule has 3 rings (SSSR count).